The molecule has 1 rings (SSSR count). The summed E-state index contributed by atoms with van der Waals surface area (Å²) in [6.07, 6.45) is 10.7. The van der Waals surface area contributed by atoms with Gasteiger partial charge in [0.2, 0.25) is 0 Å². The van der Waals surface area contributed by atoms with E-state index < -0.39 is 0 Å². The quantitative estimate of drug-likeness (QED) is 0.368. The number of benzene rings is 1. The molecular formula is C23H41N. The van der Waals surface area contributed by atoms with E-state index in [2.05, 4.69) is 63.8 Å². The molecule has 0 saturated heterocycles. The lowest BCUT2D eigenvalue weighted by molar-refractivity contribution is 0.403. The highest BCUT2D eigenvalue weighted by molar-refractivity contribution is 5.48. The topological polar surface area (TPSA) is 3.24 Å². The summed E-state index contributed by atoms with van der Waals surface area (Å²) < 4.78 is 0. The highest BCUT2D eigenvalue weighted by Crippen LogP contribution is 2.24. The van der Waals surface area contributed by atoms with Crippen molar-refractivity contribution in [1.82, 2.24) is 0 Å². The molecule has 2 atom stereocenters. The largest absolute Gasteiger partial charge is 0.371 e. The first kappa shape index (κ1) is 21.1. The molecule has 0 spiro atoms. The van der Waals surface area contributed by atoms with Crippen molar-refractivity contribution in [3.05, 3.63) is 29.8 Å². The van der Waals surface area contributed by atoms with Crippen LogP contribution >= 0.6 is 0 Å². The van der Waals surface area contributed by atoms with Gasteiger partial charge in [-0.3, -0.25) is 0 Å². The maximum atomic E-state index is 2.70. The minimum atomic E-state index is 0.828. The number of aryl methyl sites for hydroxylation is 1. The summed E-state index contributed by atoms with van der Waals surface area (Å²) in [4.78, 5) is 2.70. The van der Waals surface area contributed by atoms with Crippen molar-refractivity contribution < 1.29 is 0 Å². The molecule has 0 amide bonds. The zero-order chi connectivity index (χ0) is 17.8. The average molecular weight is 332 g/mol. The zero-order valence-corrected chi connectivity index (χ0v) is 17.0. The highest BCUT2D eigenvalue weighted by atomic mass is 15.1. The molecular weight excluding hydrogens is 290 g/mol. The van der Waals surface area contributed by atoms with Crippen LogP contribution in [0.1, 0.15) is 84.6 Å². The molecule has 138 valence electrons. The van der Waals surface area contributed by atoms with Gasteiger partial charge in [-0.2, -0.15) is 0 Å². The van der Waals surface area contributed by atoms with E-state index in [1.54, 1.807) is 0 Å². The van der Waals surface area contributed by atoms with Gasteiger partial charge in [0.05, 0.1) is 0 Å². The Hall–Kier alpha value is -0.980. The minimum Gasteiger partial charge on any atom is -0.371 e. The second-order valence-corrected chi connectivity index (χ2v) is 7.58. The zero-order valence-electron chi connectivity index (χ0n) is 17.0. The Morgan fingerprint density at radius 1 is 0.833 bits per heavy atom. The Balaban J connectivity index is 2.85. The Bertz CT molecular complexity index is 408. The van der Waals surface area contributed by atoms with Crippen LogP contribution in [-0.2, 0) is 0 Å². The summed E-state index contributed by atoms with van der Waals surface area (Å²) in [5.41, 5.74) is 2.81. The van der Waals surface area contributed by atoms with Gasteiger partial charge in [-0.15, -0.1) is 0 Å². The van der Waals surface area contributed by atoms with Gasteiger partial charge in [0, 0.05) is 18.8 Å². The molecule has 1 heteroatoms. The molecule has 1 aromatic rings. The molecule has 0 aliphatic heterocycles. The molecule has 0 saturated carbocycles. The summed E-state index contributed by atoms with van der Waals surface area (Å²) >= 11 is 0. The predicted octanol–water partition coefficient (Wildman–Crippen LogP) is 7.23. The molecule has 0 bridgehead atoms. The van der Waals surface area contributed by atoms with Crippen molar-refractivity contribution in [3.63, 3.8) is 0 Å². The van der Waals surface area contributed by atoms with Gasteiger partial charge < -0.3 is 4.90 Å². The van der Waals surface area contributed by atoms with Crippen LogP contribution in [0.25, 0.3) is 0 Å². The minimum absolute atomic E-state index is 0.828. The summed E-state index contributed by atoms with van der Waals surface area (Å²) in [5.74, 6) is 1.66. The maximum absolute atomic E-state index is 2.70. The Morgan fingerprint density at radius 2 is 1.38 bits per heavy atom. The van der Waals surface area contributed by atoms with Crippen LogP contribution < -0.4 is 4.90 Å². The van der Waals surface area contributed by atoms with Gasteiger partial charge >= 0.3 is 0 Å². The predicted molar refractivity (Wildman–Crippen MR) is 110 cm³/mol. The van der Waals surface area contributed by atoms with Crippen molar-refractivity contribution in [2.75, 3.05) is 18.0 Å². The summed E-state index contributed by atoms with van der Waals surface area (Å²) in [5, 5.41) is 0. The van der Waals surface area contributed by atoms with Crippen LogP contribution in [0, 0.1) is 18.8 Å². The van der Waals surface area contributed by atoms with Crippen molar-refractivity contribution in [2.24, 2.45) is 11.8 Å². The van der Waals surface area contributed by atoms with Gasteiger partial charge in [-0.1, -0.05) is 78.4 Å². The van der Waals surface area contributed by atoms with E-state index in [-0.39, 0.29) is 0 Å². The molecule has 0 heterocycles. The van der Waals surface area contributed by atoms with Gasteiger partial charge in [0.25, 0.3) is 0 Å². The number of rotatable bonds is 13. The molecule has 0 aliphatic rings. The third-order valence-corrected chi connectivity index (χ3v) is 5.41. The van der Waals surface area contributed by atoms with E-state index in [4.69, 9.17) is 0 Å². The number of hydrogen-bond donors (Lipinski definition) is 0. The van der Waals surface area contributed by atoms with Crippen molar-refractivity contribution in [2.45, 2.75) is 86.0 Å². The van der Waals surface area contributed by atoms with E-state index in [0.717, 1.165) is 11.8 Å². The van der Waals surface area contributed by atoms with E-state index in [1.807, 2.05) is 0 Å². The van der Waals surface area contributed by atoms with Gasteiger partial charge in [0.15, 0.2) is 0 Å². The maximum Gasteiger partial charge on any atom is 0.0369 e. The van der Waals surface area contributed by atoms with Crippen LogP contribution in [0.15, 0.2) is 24.3 Å². The van der Waals surface area contributed by atoms with Crippen LogP contribution in [0.4, 0.5) is 5.69 Å². The van der Waals surface area contributed by atoms with E-state index in [0.29, 0.717) is 0 Å². The fourth-order valence-electron chi connectivity index (χ4n) is 3.57. The highest BCUT2D eigenvalue weighted by Gasteiger charge is 2.17. The molecule has 2 unspecified atom stereocenters. The monoisotopic (exact) mass is 331 g/mol. The van der Waals surface area contributed by atoms with Crippen molar-refractivity contribution in [1.29, 1.82) is 0 Å². The molecule has 24 heavy (non-hydrogen) atoms. The number of anilines is 1. The molecule has 1 nitrogen and oxygen atoms in total. The summed E-state index contributed by atoms with van der Waals surface area (Å²) in [7, 11) is 0. The Kier molecular flexibility index (Phi) is 10.9. The van der Waals surface area contributed by atoms with E-state index >= 15 is 0 Å². The second kappa shape index (κ2) is 12.4. The SMILES string of the molecule is CCCCC(CC)CN(CC(CC)CCCC)c1cccc(C)c1. The molecule has 1 aromatic carbocycles. The van der Waals surface area contributed by atoms with Gasteiger partial charge in [0.1, 0.15) is 0 Å². The molecule has 0 fully saturated rings. The van der Waals surface area contributed by atoms with Crippen molar-refractivity contribution >= 4 is 5.69 Å². The second-order valence-electron chi connectivity index (χ2n) is 7.58. The van der Waals surface area contributed by atoms with E-state index in [9.17, 15) is 0 Å². The van der Waals surface area contributed by atoms with Crippen LogP contribution in [-0.4, -0.2) is 13.1 Å². The lowest BCUT2D eigenvalue weighted by atomic mass is 9.95. The Labute approximate surface area is 151 Å². The van der Waals surface area contributed by atoms with Crippen LogP contribution in [0.3, 0.4) is 0 Å². The Morgan fingerprint density at radius 3 is 1.79 bits per heavy atom. The third kappa shape index (κ3) is 7.73. The van der Waals surface area contributed by atoms with Crippen LogP contribution in [0.2, 0.25) is 0 Å². The lowest BCUT2D eigenvalue weighted by Crippen LogP contribution is -2.34. The molecule has 0 radical (unpaired) electrons. The van der Waals surface area contributed by atoms with Gasteiger partial charge in [-0.05, 0) is 49.3 Å². The summed E-state index contributed by atoms with van der Waals surface area (Å²) in [6.45, 7) is 14.0. The lowest BCUT2D eigenvalue weighted by Gasteiger charge is -2.32. The van der Waals surface area contributed by atoms with Crippen LogP contribution in [0.5, 0.6) is 0 Å². The first-order valence-corrected chi connectivity index (χ1v) is 10.5. The fourth-order valence-corrected chi connectivity index (χ4v) is 3.57. The average Bonchev–Trinajstić information content (AvgIpc) is 2.60. The normalized spacial score (nSPS) is 13.7. The first-order valence-electron chi connectivity index (χ1n) is 10.5. The van der Waals surface area contributed by atoms with Crippen molar-refractivity contribution in [3.8, 4) is 0 Å². The smallest absolute Gasteiger partial charge is 0.0369 e. The van der Waals surface area contributed by atoms with Gasteiger partial charge in [-0.25, -0.2) is 0 Å². The van der Waals surface area contributed by atoms with E-state index in [1.165, 1.54) is 75.7 Å². The molecule has 0 N–H and O–H groups in total. The molecule has 0 aromatic heterocycles. The number of hydrogen-bond acceptors (Lipinski definition) is 1. The first-order chi connectivity index (χ1) is 11.6. The number of unbranched alkanes of at least 4 members (excludes halogenated alkanes) is 2. The standard InChI is InChI=1S/C23H41N/c1-6-10-14-21(8-3)18-24(19-22(9-4)15-11-7-2)23-16-12-13-20(5)17-23/h12-13,16-17,21-22H,6-11,14-15,18-19H2,1-5H3. The molecule has 0 aliphatic carbocycles. The summed E-state index contributed by atoms with van der Waals surface area (Å²) in [6, 6.07) is 9.12. The fraction of sp³-hybridized carbons (Fsp3) is 0.739. The number of nitrogens with zero attached hydrogens (tertiary/aromatic N) is 1. The third-order valence-electron chi connectivity index (χ3n) is 5.41.